The number of rotatable bonds is 4. The minimum Gasteiger partial charge on any atom is -0.359 e. The normalized spacial score (nSPS) is 38.6. The van der Waals surface area contributed by atoms with Gasteiger partial charge in [-0.05, 0) is 52.0 Å². The SMILES string of the molecule is CC(C)=C1[C@H]2C=C[C@H]1[C@]13O[C@@]21[C@H]1C(=C(C)C)[C@H]3[C@@H](S(=O)(=O)c2ccccc2)[C@H]1S(=O)(=O)c1ccccc1. The van der Waals surface area contributed by atoms with Gasteiger partial charge in [0.2, 0.25) is 0 Å². The molecule has 4 aliphatic carbocycles. The van der Waals surface area contributed by atoms with Crippen LogP contribution in [0.4, 0.5) is 0 Å². The van der Waals surface area contributed by atoms with E-state index in [9.17, 15) is 16.8 Å². The Balaban J connectivity index is 1.54. The van der Waals surface area contributed by atoms with Gasteiger partial charge in [0.15, 0.2) is 19.7 Å². The van der Waals surface area contributed by atoms with Crippen molar-refractivity contribution in [3.63, 3.8) is 0 Å². The average molecular weight is 535 g/mol. The molecule has 1 heterocycles. The van der Waals surface area contributed by atoms with E-state index in [-0.39, 0.29) is 21.6 Å². The predicted molar refractivity (Wildman–Crippen MR) is 141 cm³/mol. The molecule has 4 fully saturated rings. The molecule has 3 saturated carbocycles. The second-order valence-electron chi connectivity index (χ2n) is 11.5. The third kappa shape index (κ3) is 2.50. The van der Waals surface area contributed by atoms with E-state index in [2.05, 4.69) is 26.0 Å². The van der Waals surface area contributed by atoms with Crippen LogP contribution in [0.15, 0.2) is 105 Å². The highest BCUT2D eigenvalue weighted by atomic mass is 32.2. The quantitative estimate of drug-likeness (QED) is 0.411. The van der Waals surface area contributed by atoms with Crippen LogP contribution in [0, 0.1) is 23.7 Å². The Labute approximate surface area is 218 Å². The van der Waals surface area contributed by atoms with E-state index in [1.165, 1.54) is 11.1 Å². The summed E-state index contributed by atoms with van der Waals surface area (Å²) in [6, 6.07) is 16.6. The summed E-state index contributed by atoms with van der Waals surface area (Å²) in [5.74, 6) is -1.10. The number of epoxide rings is 1. The monoisotopic (exact) mass is 534 g/mol. The fourth-order valence-electron chi connectivity index (χ4n) is 8.60. The largest absolute Gasteiger partial charge is 0.359 e. The van der Waals surface area contributed by atoms with Gasteiger partial charge in [-0.2, -0.15) is 0 Å². The van der Waals surface area contributed by atoms with Gasteiger partial charge in [-0.1, -0.05) is 70.8 Å². The summed E-state index contributed by atoms with van der Waals surface area (Å²) in [4.78, 5) is 0.329. The zero-order valence-electron chi connectivity index (χ0n) is 21.3. The van der Waals surface area contributed by atoms with Crippen LogP contribution in [-0.2, 0) is 24.4 Å². The van der Waals surface area contributed by atoms with Crippen LogP contribution in [0.1, 0.15) is 27.7 Å². The number of ether oxygens (including phenoxy) is 1. The molecule has 0 aromatic heterocycles. The van der Waals surface area contributed by atoms with Gasteiger partial charge in [0.25, 0.3) is 0 Å². The summed E-state index contributed by atoms with van der Waals surface area (Å²) in [6.45, 7) is 8.17. The molecule has 5 aliphatic rings. The van der Waals surface area contributed by atoms with Crippen LogP contribution in [0.25, 0.3) is 0 Å². The molecule has 0 radical (unpaired) electrons. The summed E-state index contributed by atoms with van der Waals surface area (Å²) < 4.78 is 64.7. The minimum absolute atomic E-state index is 0.0271. The highest BCUT2D eigenvalue weighted by molar-refractivity contribution is 7.96. The maximum absolute atomic E-state index is 14.5. The van der Waals surface area contributed by atoms with Crippen molar-refractivity contribution in [2.45, 2.75) is 59.2 Å². The van der Waals surface area contributed by atoms with Gasteiger partial charge in [-0.25, -0.2) is 16.8 Å². The molecule has 0 unspecified atom stereocenters. The smallest absolute Gasteiger partial charge is 0.183 e. The van der Waals surface area contributed by atoms with Gasteiger partial charge >= 0.3 is 0 Å². The highest BCUT2D eigenvalue weighted by Crippen LogP contribution is 2.86. The summed E-state index contributed by atoms with van der Waals surface area (Å²) in [5.41, 5.74) is 3.06. The van der Waals surface area contributed by atoms with Crippen molar-refractivity contribution in [2.75, 3.05) is 0 Å². The summed E-state index contributed by atoms with van der Waals surface area (Å²) in [7, 11) is -8.04. The molecule has 192 valence electrons. The number of sulfone groups is 2. The zero-order chi connectivity index (χ0) is 26.1. The lowest BCUT2D eigenvalue weighted by Gasteiger charge is -2.36. The topological polar surface area (TPSA) is 80.8 Å². The summed E-state index contributed by atoms with van der Waals surface area (Å²) >= 11 is 0. The molecule has 5 nitrogen and oxygen atoms in total. The molecule has 1 saturated heterocycles. The summed E-state index contributed by atoms with van der Waals surface area (Å²) in [6.07, 6.45) is 4.35. The van der Waals surface area contributed by atoms with E-state index in [4.69, 9.17) is 4.74 Å². The maximum atomic E-state index is 14.5. The third-order valence-corrected chi connectivity index (χ3v) is 14.2. The van der Waals surface area contributed by atoms with Crippen LogP contribution in [0.2, 0.25) is 0 Å². The fourth-order valence-corrected chi connectivity index (χ4v) is 13.6. The molecule has 4 bridgehead atoms. The molecule has 7 rings (SSSR count). The first-order valence-corrected chi connectivity index (χ1v) is 15.9. The first-order valence-electron chi connectivity index (χ1n) is 12.8. The van der Waals surface area contributed by atoms with Crippen molar-refractivity contribution in [1.82, 2.24) is 0 Å². The van der Waals surface area contributed by atoms with Crippen molar-refractivity contribution < 1.29 is 21.6 Å². The van der Waals surface area contributed by atoms with E-state index >= 15 is 0 Å². The van der Waals surface area contributed by atoms with Gasteiger partial charge in [-0.3, -0.25) is 0 Å². The van der Waals surface area contributed by atoms with Crippen LogP contribution >= 0.6 is 0 Å². The van der Waals surface area contributed by atoms with E-state index in [1.807, 2.05) is 13.8 Å². The lowest BCUT2D eigenvalue weighted by Crippen LogP contribution is -2.54. The van der Waals surface area contributed by atoms with Gasteiger partial charge < -0.3 is 4.74 Å². The lowest BCUT2D eigenvalue weighted by molar-refractivity contribution is 0.149. The first kappa shape index (κ1) is 23.6. The van der Waals surface area contributed by atoms with E-state index in [1.54, 1.807) is 60.7 Å². The standard InChI is InChI=1S/C30H30O5S2/c1-17(2)23-21-15-16-22(23)30-26-24(18(3)4)25(29(21,30)35-30)27(36(31,32)19-11-7-5-8-12-19)28(26)37(33,34)20-13-9-6-10-14-20/h5-16,21-22,25-28H,1-4H3/t21-,22-,25+,26+,27-,28+,29-,30-/m1/s1. The Morgan fingerprint density at radius 1 is 0.622 bits per heavy atom. The van der Waals surface area contributed by atoms with Crippen LogP contribution in [0.5, 0.6) is 0 Å². The molecule has 2 aromatic rings. The van der Waals surface area contributed by atoms with Crippen molar-refractivity contribution in [1.29, 1.82) is 0 Å². The molecular weight excluding hydrogens is 504 g/mol. The zero-order valence-corrected chi connectivity index (χ0v) is 22.9. The molecule has 1 aliphatic heterocycles. The van der Waals surface area contributed by atoms with Crippen LogP contribution < -0.4 is 0 Å². The molecule has 0 N–H and O–H groups in total. The Kier molecular flexibility index (Phi) is 4.55. The maximum Gasteiger partial charge on any atom is 0.183 e. The number of fused-ring (bicyclic) bond motifs is 4. The molecule has 37 heavy (non-hydrogen) atoms. The van der Waals surface area contributed by atoms with Gasteiger partial charge in [0, 0.05) is 23.7 Å². The molecule has 7 heteroatoms. The molecular formula is C30H30O5S2. The molecule has 8 atom stereocenters. The van der Waals surface area contributed by atoms with Gasteiger partial charge in [-0.15, -0.1) is 0 Å². The third-order valence-electron chi connectivity index (χ3n) is 9.59. The van der Waals surface area contributed by atoms with Crippen molar-refractivity contribution in [2.24, 2.45) is 23.7 Å². The second-order valence-corrected chi connectivity index (χ2v) is 15.8. The van der Waals surface area contributed by atoms with Crippen LogP contribution in [-0.4, -0.2) is 38.5 Å². The number of benzene rings is 2. The number of hydrogen-bond acceptors (Lipinski definition) is 5. The van der Waals surface area contributed by atoms with Crippen molar-refractivity contribution in [3.8, 4) is 0 Å². The second kappa shape index (κ2) is 7.13. The Hall–Kier alpha value is -2.48. The van der Waals surface area contributed by atoms with Gasteiger partial charge in [0.1, 0.15) is 11.2 Å². The lowest BCUT2D eigenvalue weighted by atomic mass is 9.73. The molecule has 0 amide bonds. The number of hydrogen-bond donors (Lipinski definition) is 0. The van der Waals surface area contributed by atoms with Gasteiger partial charge in [0.05, 0.1) is 20.3 Å². The Morgan fingerprint density at radius 2 is 1.00 bits per heavy atom. The van der Waals surface area contributed by atoms with E-state index in [0.717, 1.165) is 11.1 Å². The highest BCUT2D eigenvalue weighted by Gasteiger charge is 2.97. The van der Waals surface area contributed by atoms with E-state index in [0.29, 0.717) is 0 Å². The van der Waals surface area contributed by atoms with Crippen molar-refractivity contribution >= 4 is 19.7 Å². The van der Waals surface area contributed by atoms with Crippen LogP contribution in [0.3, 0.4) is 0 Å². The molecule has 0 spiro atoms. The first-order chi connectivity index (χ1) is 17.5. The predicted octanol–water partition coefficient (Wildman–Crippen LogP) is 4.93. The van der Waals surface area contributed by atoms with Crippen molar-refractivity contribution in [3.05, 3.63) is 95.1 Å². The fraction of sp³-hybridized carbons (Fsp3) is 0.400. The minimum atomic E-state index is -4.02. The Morgan fingerprint density at radius 3 is 1.35 bits per heavy atom. The molecule has 2 aromatic carbocycles. The van der Waals surface area contributed by atoms with E-state index < -0.39 is 53.2 Å². The average Bonchev–Trinajstić information content (AvgIpc) is 3.16. The summed E-state index contributed by atoms with van der Waals surface area (Å²) in [5, 5.41) is -2.26. The number of allylic oxidation sites excluding steroid dienone is 2. The Bertz CT molecular complexity index is 1540.